The molecule has 1 N–H and O–H groups in total. The summed E-state index contributed by atoms with van der Waals surface area (Å²) in [5.41, 5.74) is 1.28. The lowest BCUT2D eigenvalue weighted by Crippen LogP contribution is -2.39. The van der Waals surface area contributed by atoms with Gasteiger partial charge < -0.3 is 15.0 Å². The van der Waals surface area contributed by atoms with E-state index in [1.54, 1.807) is 31.2 Å². The van der Waals surface area contributed by atoms with Gasteiger partial charge in [0.2, 0.25) is 0 Å². The summed E-state index contributed by atoms with van der Waals surface area (Å²) in [7, 11) is 3.32. The average molecular weight is 316 g/mol. The molecule has 0 saturated carbocycles. The smallest absolute Gasteiger partial charge is 0.321 e. The topological polar surface area (TPSA) is 41.6 Å². The molecule has 0 spiro atoms. The van der Waals surface area contributed by atoms with Crippen LogP contribution in [0.1, 0.15) is 12.5 Å². The zero-order chi connectivity index (χ0) is 16.8. The molecule has 0 unspecified atom stereocenters. The van der Waals surface area contributed by atoms with Crippen LogP contribution in [0.4, 0.5) is 14.9 Å². The van der Waals surface area contributed by atoms with Crippen LogP contribution >= 0.6 is 0 Å². The van der Waals surface area contributed by atoms with Crippen molar-refractivity contribution in [2.45, 2.75) is 19.4 Å². The molecule has 5 heteroatoms. The Bertz CT molecular complexity index is 658. The standard InChI is InChI=1S/C18H21FN2O2/c1-13(12-14-8-10-15(23-3)11-9-14)21(2)18(22)20-17-7-5-4-6-16(17)19/h4-11,13H,12H2,1-3H3,(H,20,22)/t13-/m0/s1. The summed E-state index contributed by atoms with van der Waals surface area (Å²) in [6, 6.07) is 13.5. The third-order valence-corrected chi connectivity index (χ3v) is 3.79. The summed E-state index contributed by atoms with van der Waals surface area (Å²) in [4.78, 5) is 13.8. The van der Waals surface area contributed by atoms with Crippen molar-refractivity contribution in [1.29, 1.82) is 0 Å². The van der Waals surface area contributed by atoms with E-state index in [0.29, 0.717) is 6.42 Å². The molecule has 0 radical (unpaired) electrons. The van der Waals surface area contributed by atoms with Gasteiger partial charge in [0, 0.05) is 13.1 Å². The van der Waals surface area contributed by atoms with Crippen molar-refractivity contribution in [2.24, 2.45) is 0 Å². The van der Waals surface area contributed by atoms with Gasteiger partial charge in [-0.2, -0.15) is 0 Å². The second kappa shape index (κ2) is 7.63. The van der Waals surface area contributed by atoms with Crippen molar-refractivity contribution < 1.29 is 13.9 Å². The highest BCUT2D eigenvalue weighted by Crippen LogP contribution is 2.16. The van der Waals surface area contributed by atoms with Crippen LogP contribution in [0.2, 0.25) is 0 Å². The summed E-state index contributed by atoms with van der Waals surface area (Å²) in [5, 5.41) is 2.59. The molecule has 0 saturated heterocycles. The maximum Gasteiger partial charge on any atom is 0.321 e. The molecule has 0 aliphatic carbocycles. The first-order valence-corrected chi connectivity index (χ1v) is 7.42. The Kier molecular flexibility index (Phi) is 5.57. The van der Waals surface area contributed by atoms with E-state index in [0.717, 1.165) is 11.3 Å². The number of amides is 2. The molecular weight excluding hydrogens is 295 g/mol. The van der Waals surface area contributed by atoms with Crippen LogP contribution in [-0.2, 0) is 6.42 Å². The van der Waals surface area contributed by atoms with Gasteiger partial charge in [-0.25, -0.2) is 9.18 Å². The minimum Gasteiger partial charge on any atom is -0.497 e. The molecule has 2 rings (SSSR count). The number of halogens is 1. The minimum absolute atomic E-state index is 0.0323. The van der Waals surface area contributed by atoms with Gasteiger partial charge in [0.25, 0.3) is 0 Å². The average Bonchev–Trinajstić information content (AvgIpc) is 2.56. The molecule has 2 aromatic rings. The predicted octanol–water partition coefficient (Wildman–Crippen LogP) is 3.93. The van der Waals surface area contributed by atoms with Gasteiger partial charge in [0.15, 0.2) is 0 Å². The normalized spacial score (nSPS) is 11.7. The number of ether oxygens (including phenoxy) is 1. The predicted molar refractivity (Wildman–Crippen MR) is 89.3 cm³/mol. The monoisotopic (exact) mass is 316 g/mol. The zero-order valence-corrected chi connectivity index (χ0v) is 13.5. The van der Waals surface area contributed by atoms with Crippen molar-refractivity contribution in [3.8, 4) is 5.75 Å². The third kappa shape index (κ3) is 4.45. The number of benzene rings is 2. The Morgan fingerprint density at radius 1 is 1.22 bits per heavy atom. The molecule has 0 aromatic heterocycles. The van der Waals surface area contributed by atoms with Crippen molar-refractivity contribution in [3.05, 3.63) is 59.9 Å². The highest BCUT2D eigenvalue weighted by Gasteiger charge is 2.17. The molecule has 0 fully saturated rings. The third-order valence-electron chi connectivity index (χ3n) is 3.79. The molecule has 0 bridgehead atoms. The van der Waals surface area contributed by atoms with Gasteiger partial charge in [-0.1, -0.05) is 24.3 Å². The van der Waals surface area contributed by atoms with E-state index in [-0.39, 0.29) is 17.8 Å². The van der Waals surface area contributed by atoms with Crippen LogP contribution in [0.3, 0.4) is 0 Å². The molecule has 1 atom stereocenters. The van der Waals surface area contributed by atoms with Crippen molar-refractivity contribution in [2.75, 3.05) is 19.5 Å². The number of hydrogen-bond acceptors (Lipinski definition) is 2. The number of nitrogens with zero attached hydrogens (tertiary/aromatic N) is 1. The number of rotatable bonds is 5. The molecule has 4 nitrogen and oxygen atoms in total. The fraction of sp³-hybridized carbons (Fsp3) is 0.278. The van der Waals surface area contributed by atoms with Crippen LogP contribution in [0.5, 0.6) is 5.75 Å². The summed E-state index contributed by atoms with van der Waals surface area (Å²) in [5.74, 6) is 0.351. The Morgan fingerprint density at radius 2 is 1.87 bits per heavy atom. The summed E-state index contributed by atoms with van der Waals surface area (Å²) in [6.07, 6.45) is 0.700. The molecule has 23 heavy (non-hydrogen) atoms. The Labute approximate surface area is 135 Å². The maximum absolute atomic E-state index is 13.6. The van der Waals surface area contributed by atoms with Crippen molar-refractivity contribution in [1.82, 2.24) is 4.90 Å². The Hall–Kier alpha value is -2.56. The molecular formula is C18H21FN2O2. The van der Waals surface area contributed by atoms with E-state index in [1.807, 2.05) is 31.2 Å². The van der Waals surface area contributed by atoms with E-state index in [9.17, 15) is 9.18 Å². The van der Waals surface area contributed by atoms with Gasteiger partial charge >= 0.3 is 6.03 Å². The van der Waals surface area contributed by atoms with Crippen LogP contribution in [0.15, 0.2) is 48.5 Å². The second-order valence-corrected chi connectivity index (χ2v) is 5.42. The lowest BCUT2D eigenvalue weighted by Gasteiger charge is -2.25. The van der Waals surface area contributed by atoms with Gasteiger partial charge in [0.1, 0.15) is 11.6 Å². The highest BCUT2D eigenvalue weighted by molar-refractivity contribution is 5.89. The first-order valence-electron chi connectivity index (χ1n) is 7.42. The van der Waals surface area contributed by atoms with Crippen LogP contribution in [0, 0.1) is 5.82 Å². The number of para-hydroxylation sites is 1. The quantitative estimate of drug-likeness (QED) is 0.908. The lowest BCUT2D eigenvalue weighted by molar-refractivity contribution is 0.207. The number of anilines is 1. The minimum atomic E-state index is -0.447. The number of hydrogen-bond donors (Lipinski definition) is 1. The lowest BCUT2D eigenvalue weighted by atomic mass is 10.1. The number of carbonyl (C=O) groups excluding carboxylic acids is 1. The zero-order valence-electron chi connectivity index (χ0n) is 13.5. The van der Waals surface area contributed by atoms with Crippen molar-refractivity contribution in [3.63, 3.8) is 0 Å². The first kappa shape index (κ1) is 16.8. The van der Waals surface area contributed by atoms with Gasteiger partial charge in [0.05, 0.1) is 12.8 Å². The molecule has 2 amide bonds. The van der Waals surface area contributed by atoms with Gasteiger partial charge in [-0.15, -0.1) is 0 Å². The Morgan fingerprint density at radius 3 is 2.48 bits per heavy atom. The summed E-state index contributed by atoms with van der Waals surface area (Å²) >= 11 is 0. The van der Waals surface area contributed by atoms with E-state index >= 15 is 0 Å². The number of urea groups is 1. The molecule has 122 valence electrons. The van der Waals surface area contributed by atoms with Gasteiger partial charge in [-0.05, 0) is 43.2 Å². The van der Waals surface area contributed by atoms with Crippen LogP contribution < -0.4 is 10.1 Å². The van der Waals surface area contributed by atoms with E-state index < -0.39 is 5.82 Å². The van der Waals surface area contributed by atoms with Gasteiger partial charge in [-0.3, -0.25) is 0 Å². The SMILES string of the molecule is COc1ccc(C[C@H](C)N(C)C(=O)Nc2ccccc2F)cc1. The summed E-state index contributed by atoms with van der Waals surface area (Å²) < 4.78 is 18.7. The fourth-order valence-corrected chi connectivity index (χ4v) is 2.21. The molecule has 0 aliphatic rings. The molecule has 0 aliphatic heterocycles. The molecule has 0 heterocycles. The Balaban J connectivity index is 1.96. The van der Waals surface area contributed by atoms with Crippen LogP contribution in [0.25, 0.3) is 0 Å². The first-order chi connectivity index (χ1) is 11.0. The van der Waals surface area contributed by atoms with Crippen LogP contribution in [-0.4, -0.2) is 31.1 Å². The second-order valence-electron chi connectivity index (χ2n) is 5.42. The maximum atomic E-state index is 13.6. The van der Waals surface area contributed by atoms with Crippen molar-refractivity contribution >= 4 is 11.7 Å². The summed E-state index contributed by atoms with van der Waals surface area (Å²) in [6.45, 7) is 1.95. The number of likely N-dealkylation sites (N-methyl/N-ethyl adjacent to an activating group) is 1. The largest absolute Gasteiger partial charge is 0.497 e. The number of methoxy groups -OCH3 is 1. The van der Waals surface area contributed by atoms with E-state index in [4.69, 9.17) is 4.74 Å². The molecule has 2 aromatic carbocycles. The van der Waals surface area contributed by atoms with E-state index in [2.05, 4.69) is 5.32 Å². The number of nitrogens with one attached hydrogen (secondary N) is 1. The fourth-order valence-electron chi connectivity index (χ4n) is 2.21. The van der Waals surface area contributed by atoms with E-state index in [1.165, 1.54) is 12.1 Å². The highest BCUT2D eigenvalue weighted by atomic mass is 19.1. The number of carbonyl (C=O) groups is 1.